The summed E-state index contributed by atoms with van der Waals surface area (Å²) >= 11 is 0. The van der Waals surface area contributed by atoms with Gasteiger partial charge in [-0.3, -0.25) is 4.99 Å². The van der Waals surface area contributed by atoms with Crippen molar-refractivity contribution >= 4 is 5.84 Å². The van der Waals surface area contributed by atoms with Crippen LogP contribution in [0, 0.1) is 0 Å². The van der Waals surface area contributed by atoms with Crippen LogP contribution in [-0.2, 0) is 6.54 Å². The minimum absolute atomic E-state index is 0.414. The van der Waals surface area contributed by atoms with Gasteiger partial charge in [0.15, 0.2) is 0 Å². The highest BCUT2D eigenvalue weighted by molar-refractivity contribution is 5.99. The van der Waals surface area contributed by atoms with Crippen molar-refractivity contribution in [3.05, 3.63) is 71.8 Å². The van der Waals surface area contributed by atoms with Gasteiger partial charge in [-0.1, -0.05) is 60.7 Å². The molecular formula is C18H20N2. The van der Waals surface area contributed by atoms with Crippen molar-refractivity contribution in [1.29, 1.82) is 0 Å². The molecule has 2 heteroatoms. The van der Waals surface area contributed by atoms with Gasteiger partial charge in [-0.15, -0.1) is 0 Å². The molecule has 2 aromatic carbocycles. The number of hydrogen-bond acceptors (Lipinski definition) is 2. The minimum Gasteiger partial charge on any atom is -0.352 e. The fraction of sp³-hybridized carbons (Fsp3) is 0.278. The minimum atomic E-state index is 0.414. The molecule has 2 aromatic rings. The summed E-state index contributed by atoms with van der Waals surface area (Å²) in [5.41, 5.74) is 2.56. The predicted octanol–water partition coefficient (Wildman–Crippen LogP) is 3.73. The van der Waals surface area contributed by atoms with E-state index in [0.717, 1.165) is 25.3 Å². The Kier molecular flexibility index (Phi) is 3.82. The van der Waals surface area contributed by atoms with Crippen LogP contribution in [0.2, 0.25) is 0 Å². The van der Waals surface area contributed by atoms with Crippen molar-refractivity contribution in [2.75, 3.05) is 6.54 Å². The average molecular weight is 264 g/mol. The molecule has 0 amide bonds. The fourth-order valence-corrected chi connectivity index (χ4v) is 2.61. The molecule has 0 aliphatic carbocycles. The summed E-state index contributed by atoms with van der Waals surface area (Å²) in [7, 11) is 0. The van der Waals surface area contributed by atoms with E-state index >= 15 is 0 Å². The zero-order chi connectivity index (χ0) is 13.8. The van der Waals surface area contributed by atoms with Crippen molar-refractivity contribution in [2.45, 2.75) is 25.9 Å². The second-order valence-electron chi connectivity index (χ2n) is 5.36. The molecule has 102 valence electrons. The Hall–Kier alpha value is -2.09. The maximum absolute atomic E-state index is 4.87. The molecule has 1 aliphatic rings. The van der Waals surface area contributed by atoms with Crippen molar-refractivity contribution < 1.29 is 0 Å². The first kappa shape index (κ1) is 12.9. The fourth-order valence-electron chi connectivity index (χ4n) is 2.61. The molecule has 0 bridgehead atoms. The van der Waals surface area contributed by atoms with Crippen molar-refractivity contribution in [3.8, 4) is 0 Å². The van der Waals surface area contributed by atoms with Gasteiger partial charge in [0.25, 0.3) is 0 Å². The number of hydrogen-bond donors (Lipinski definition) is 0. The summed E-state index contributed by atoms with van der Waals surface area (Å²) in [6.45, 7) is 4.20. The zero-order valence-corrected chi connectivity index (χ0v) is 11.9. The lowest BCUT2D eigenvalue weighted by Gasteiger charge is -2.32. The highest BCUT2D eigenvalue weighted by Gasteiger charge is 2.20. The van der Waals surface area contributed by atoms with Gasteiger partial charge in [0.05, 0.1) is 6.04 Å². The van der Waals surface area contributed by atoms with Crippen molar-refractivity contribution in [3.63, 3.8) is 0 Å². The van der Waals surface area contributed by atoms with Crippen LogP contribution >= 0.6 is 0 Å². The van der Waals surface area contributed by atoms with Crippen LogP contribution in [0.25, 0.3) is 0 Å². The summed E-state index contributed by atoms with van der Waals surface area (Å²) < 4.78 is 0. The SMILES string of the molecule is CC1CCN(Cc2ccccc2)C(c2ccccc2)=N1. The van der Waals surface area contributed by atoms with Crippen LogP contribution in [0.4, 0.5) is 0 Å². The lowest BCUT2D eigenvalue weighted by atomic mass is 10.1. The Labute approximate surface area is 120 Å². The van der Waals surface area contributed by atoms with Gasteiger partial charge in [0.1, 0.15) is 5.84 Å². The molecule has 3 rings (SSSR count). The summed E-state index contributed by atoms with van der Waals surface area (Å²) in [5.74, 6) is 1.13. The van der Waals surface area contributed by atoms with E-state index in [9.17, 15) is 0 Å². The lowest BCUT2D eigenvalue weighted by molar-refractivity contribution is 0.365. The van der Waals surface area contributed by atoms with Gasteiger partial charge in [-0.2, -0.15) is 0 Å². The van der Waals surface area contributed by atoms with E-state index in [4.69, 9.17) is 4.99 Å². The van der Waals surface area contributed by atoms with E-state index < -0.39 is 0 Å². The third kappa shape index (κ3) is 2.90. The Morgan fingerprint density at radius 1 is 1.00 bits per heavy atom. The van der Waals surface area contributed by atoms with Gasteiger partial charge in [-0.05, 0) is 18.9 Å². The maximum Gasteiger partial charge on any atom is 0.131 e. The van der Waals surface area contributed by atoms with Crippen LogP contribution in [0.5, 0.6) is 0 Å². The largest absolute Gasteiger partial charge is 0.352 e. The second kappa shape index (κ2) is 5.91. The van der Waals surface area contributed by atoms with Crippen LogP contribution in [-0.4, -0.2) is 23.3 Å². The molecule has 1 heterocycles. The number of benzene rings is 2. The third-order valence-electron chi connectivity index (χ3n) is 3.71. The first-order chi connectivity index (χ1) is 9.83. The van der Waals surface area contributed by atoms with E-state index in [1.165, 1.54) is 11.1 Å². The number of nitrogens with zero attached hydrogens (tertiary/aromatic N) is 2. The van der Waals surface area contributed by atoms with Crippen LogP contribution in [0.1, 0.15) is 24.5 Å². The van der Waals surface area contributed by atoms with Gasteiger partial charge >= 0.3 is 0 Å². The van der Waals surface area contributed by atoms with Crippen molar-refractivity contribution in [1.82, 2.24) is 4.90 Å². The number of aliphatic imine (C=N–C) groups is 1. The highest BCUT2D eigenvalue weighted by Crippen LogP contribution is 2.18. The molecule has 0 fully saturated rings. The summed E-state index contributed by atoms with van der Waals surface area (Å²) in [4.78, 5) is 7.27. The first-order valence-corrected chi connectivity index (χ1v) is 7.25. The molecule has 0 aromatic heterocycles. The Bertz CT molecular complexity index is 575. The monoisotopic (exact) mass is 264 g/mol. The van der Waals surface area contributed by atoms with Crippen LogP contribution in [0.3, 0.4) is 0 Å². The van der Waals surface area contributed by atoms with Crippen LogP contribution in [0.15, 0.2) is 65.7 Å². The van der Waals surface area contributed by atoms with E-state index in [1.807, 2.05) is 0 Å². The molecule has 0 radical (unpaired) electrons. The molecule has 1 unspecified atom stereocenters. The topological polar surface area (TPSA) is 15.6 Å². The average Bonchev–Trinajstić information content (AvgIpc) is 2.51. The summed E-state index contributed by atoms with van der Waals surface area (Å²) in [5, 5.41) is 0. The smallest absolute Gasteiger partial charge is 0.131 e. The van der Waals surface area contributed by atoms with Gasteiger partial charge < -0.3 is 4.90 Å². The second-order valence-corrected chi connectivity index (χ2v) is 5.36. The number of amidine groups is 1. The summed E-state index contributed by atoms with van der Waals surface area (Å²) in [6, 6.07) is 21.5. The first-order valence-electron chi connectivity index (χ1n) is 7.25. The van der Waals surface area contributed by atoms with Crippen molar-refractivity contribution in [2.24, 2.45) is 4.99 Å². The third-order valence-corrected chi connectivity index (χ3v) is 3.71. The molecule has 0 spiro atoms. The molecule has 1 atom stereocenters. The number of rotatable bonds is 3. The van der Waals surface area contributed by atoms with E-state index in [1.54, 1.807) is 0 Å². The summed E-state index contributed by atoms with van der Waals surface area (Å²) in [6.07, 6.45) is 1.13. The predicted molar refractivity (Wildman–Crippen MR) is 83.9 cm³/mol. The lowest BCUT2D eigenvalue weighted by Crippen LogP contribution is -2.37. The van der Waals surface area contributed by atoms with E-state index in [0.29, 0.717) is 6.04 Å². The molecule has 0 N–H and O–H groups in total. The molecular weight excluding hydrogens is 244 g/mol. The van der Waals surface area contributed by atoms with Gasteiger partial charge in [0, 0.05) is 18.7 Å². The van der Waals surface area contributed by atoms with Gasteiger partial charge in [0.2, 0.25) is 0 Å². The Morgan fingerprint density at radius 2 is 1.65 bits per heavy atom. The molecule has 2 nitrogen and oxygen atoms in total. The highest BCUT2D eigenvalue weighted by atomic mass is 15.2. The normalized spacial score (nSPS) is 18.8. The Morgan fingerprint density at radius 3 is 2.35 bits per heavy atom. The van der Waals surface area contributed by atoms with E-state index in [-0.39, 0.29) is 0 Å². The maximum atomic E-state index is 4.87. The molecule has 0 saturated heterocycles. The molecule has 20 heavy (non-hydrogen) atoms. The van der Waals surface area contributed by atoms with Gasteiger partial charge in [-0.25, -0.2) is 0 Å². The van der Waals surface area contributed by atoms with E-state index in [2.05, 4.69) is 72.5 Å². The Balaban J connectivity index is 1.87. The van der Waals surface area contributed by atoms with Crippen LogP contribution < -0.4 is 0 Å². The zero-order valence-electron chi connectivity index (χ0n) is 11.9. The standard InChI is InChI=1S/C18H20N2/c1-15-12-13-20(14-16-8-4-2-5-9-16)18(19-15)17-10-6-3-7-11-17/h2-11,15H,12-14H2,1H3. The molecule has 0 saturated carbocycles. The quantitative estimate of drug-likeness (QED) is 0.825. The molecule has 1 aliphatic heterocycles.